The zero-order valence-corrected chi connectivity index (χ0v) is 15.6. The van der Waals surface area contributed by atoms with Crippen LogP contribution in [0.3, 0.4) is 0 Å². The molecular weight excluding hydrogens is 407 g/mol. The van der Waals surface area contributed by atoms with Gasteiger partial charge in [0.05, 0.1) is 16.6 Å². The number of alkyl halides is 3. The molecule has 0 aliphatic carbocycles. The normalized spacial score (nSPS) is 11.8. The molecule has 4 rings (SSSR count). The van der Waals surface area contributed by atoms with E-state index >= 15 is 0 Å². The first-order chi connectivity index (χ1) is 13.7. The number of hydrogen-bond acceptors (Lipinski definition) is 6. The van der Waals surface area contributed by atoms with Gasteiger partial charge in [0, 0.05) is 10.7 Å². The number of nitrogens with zero attached hydrogens (tertiary/aromatic N) is 5. The summed E-state index contributed by atoms with van der Waals surface area (Å²) in [6, 6.07) is 9.70. The lowest BCUT2D eigenvalue weighted by atomic mass is 10.2. The number of halogens is 4. The third-order valence-corrected chi connectivity index (χ3v) is 4.33. The molecule has 29 heavy (non-hydrogen) atoms. The van der Waals surface area contributed by atoms with E-state index in [0.717, 1.165) is 17.6 Å². The predicted molar refractivity (Wildman–Crippen MR) is 103 cm³/mol. The number of aromatic nitrogens is 5. The molecule has 11 heteroatoms. The topological polar surface area (TPSA) is 94.5 Å². The Morgan fingerprint density at radius 3 is 2.41 bits per heavy atom. The highest BCUT2D eigenvalue weighted by Gasteiger charge is 2.30. The van der Waals surface area contributed by atoms with Gasteiger partial charge < -0.3 is 11.1 Å². The summed E-state index contributed by atoms with van der Waals surface area (Å²) in [6.07, 6.45) is -4.41. The summed E-state index contributed by atoms with van der Waals surface area (Å²) in [5.41, 5.74) is 6.81. The fourth-order valence-electron chi connectivity index (χ4n) is 2.83. The number of benzene rings is 2. The van der Waals surface area contributed by atoms with Crippen LogP contribution in [-0.2, 0) is 6.18 Å². The van der Waals surface area contributed by atoms with Gasteiger partial charge in [-0.05, 0) is 49.4 Å². The highest BCUT2D eigenvalue weighted by molar-refractivity contribution is 6.31. The summed E-state index contributed by atoms with van der Waals surface area (Å²) in [5, 5.41) is 3.38. The summed E-state index contributed by atoms with van der Waals surface area (Å²) in [7, 11) is 0. The molecule has 2 heterocycles. The van der Waals surface area contributed by atoms with Gasteiger partial charge in [0.15, 0.2) is 0 Å². The molecule has 7 nitrogen and oxygen atoms in total. The van der Waals surface area contributed by atoms with Crippen LogP contribution in [0, 0.1) is 6.92 Å². The van der Waals surface area contributed by atoms with E-state index in [1.54, 1.807) is 29.7 Å². The average Bonchev–Trinajstić information content (AvgIpc) is 2.95. The molecule has 2 aromatic heterocycles. The molecule has 0 saturated carbocycles. The molecule has 0 fully saturated rings. The van der Waals surface area contributed by atoms with E-state index in [1.807, 2.05) is 0 Å². The summed E-state index contributed by atoms with van der Waals surface area (Å²) in [5.74, 6) is 0.852. The van der Waals surface area contributed by atoms with Crippen molar-refractivity contribution in [3.63, 3.8) is 0 Å². The second kappa shape index (κ2) is 6.89. The van der Waals surface area contributed by atoms with Gasteiger partial charge in [0.2, 0.25) is 17.8 Å². The minimum absolute atomic E-state index is 0.0559. The first-order valence-electron chi connectivity index (χ1n) is 8.31. The molecule has 0 atom stereocenters. The predicted octanol–water partition coefficient (Wildman–Crippen LogP) is 4.52. The minimum atomic E-state index is -4.41. The number of nitrogens with two attached hydrogens (primary N) is 1. The van der Waals surface area contributed by atoms with E-state index in [-0.39, 0.29) is 17.8 Å². The number of fused-ring (bicyclic) bond motifs is 1. The summed E-state index contributed by atoms with van der Waals surface area (Å²) >= 11 is 6.02. The quantitative estimate of drug-likeness (QED) is 0.507. The molecule has 0 unspecified atom stereocenters. The standard InChI is InChI=1S/C18H13ClF3N7/c1-9-24-13-8-11(19)4-7-14(13)29(9)17-27-15(23)26-16(28-17)25-12-5-2-10(3-6-12)18(20,21)22/h2-8H,1H3,(H3,23,25,26,27,28). The molecular formula is C18H13ClF3N7. The Kier molecular flexibility index (Phi) is 4.50. The van der Waals surface area contributed by atoms with Crippen LogP contribution in [0.25, 0.3) is 17.0 Å². The van der Waals surface area contributed by atoms with Gasteiger partial charge in [0.1, 0.15) is 5.82 Å². The van der Waals surface area contributed by atoms with Crippen molar-refractivity contribution in [2.45, 2.75) is 13.1 Å². The average molecular weight is 420 g/mol. The molecule has 0 amide bonds. The van der Waals surface area contributed by atoms with Crippen LogP contribution in [-0.4, -0.2) is 24.5 Å². The van der Waals surface area contributed by atoms with Crippen LogP contribution in [0.1, 0.15) is 11.4 Å². The van der Waals surface area contributed by atoms with E-state index in [4.69, 9.17) is 17.3 Å². The van der Waals surface area contributed by atoms with Crippen LogP contribution in [0.5, 0.6) is 0 Å². The van der Waals surface area contributed by atoms with E-state index in [1.165, 1.54) is 12.1 Å². The van der Waals surface area contributed by atoms with Gasteiger partial charge in [-0.1, -0.05) is 11.6 Å². The SMILES string of the molecule is Cc1nc2cc(Cl)ccc2n1-c1nc(N)nc(Nc2ccc(C(F)(F)F)cc2)n1. The van der Waals surface area contributed by atoms with Crippen molar-refractivity contribution >= 4 is 40.2 Å². The smallest absolute Gasteiger partial charge is 0.368 e. The molecule has 0 spiro atoms. The van der Waals surface area contributed by atoms with Crippen molar-refractivity contribution < 1.29 is 13.2 Å². The lowest BCUT2D eigenvalue weighted by Crippen LogP contribution is -2.10. The lowest BCUT2D eigenvalue weighted by Gasteiger charge is -2.10. The number of rotatable bonds is 3. The van der Waals surface area contributed by atoms with E-state index < -0.39 is 11.7 Å². The molecule has 0 saturated heterocycles. The molecule has 0 aliphatic heterocycles. The van der Waals surface area contributed by atoms with Gasteiger partial charge in [-0.2, -0.15) is 28.1 Å². The Hall–Kier alpha value is -3.40. The van der Waals surface area contributed by atoms with Crippen molar-refractivity contribution in [1.29, 1.82) is 0 Å². The second-order valence-electron chi connectivity index (χ2n) is 6.14. The Labute approximate surface area is 167 Å². The van der Waals surface area contributed by atoms with E-state index in [2.05, 4.69) is 25.3 Å². The van der Waals surface area contributed by atoms with Crippen LogP contribution in [0.15, 0.2) is 42.5 Å². The third-order valence-electron chi connectivity index (χ3n) is 4.09. The molecule has 0 aliphatic rings. The molecule has 3 N–H and O–H groups in total. The second-order valence-corrected chi connectivity index (χ2v) is 6.58. The fourth-order valence-corrected chi connectivity index (χ4v) is 3.00. The van der Waals surface area contributed by atoms with Gasteiger partial charge in [-0.15, -0.1) is 0 Å². The van der Waals surface area contributed by atoms with Crippen molar-refractivity contribution in [2.75, 3.05) is 11.1 Å². The van der Waals surface area contributed by atoms with Gasteiger partial charge in [-0.25, -0.2) is 4.98 Å². The third kappa shape index (κ3) is 3.79. The first-order valence-corrected chi connectivity index (χ1v) is 8.69. The minimum Gasteiger partial charge on any atom is -0.368 e. The van der Waals surface area contributed by atoms with Crippen molar-refractivity contribution in [3.8, 4) is 5.95 Å². The first kappa shape index (κ1) is 18.9. The van der Waals surface area contributed by atoms with Crippen molar-refractivity contribution in [1.82, 2.24) is 24.5 Å². The molecule has 2 aromatic carbocycles. The highest BCUT2D eigenvalue weighted by Crippen LogP contribution is 2.30. The van der Waals surface area contributed by atoms with Gasteiger partial charge in [-0.3, -0.25) is 4.57 Å². The van der Waals surface area contributed by atoms with Crippen molar-refractivity contribution in [3.05, 3.63) is 58.9 Å². The van der Waals surface area contributed by atoms with E-state index in [9.17, 15) is 13.2 Å². The molecule has 0 bridgehead atoms. The zero-order valence-electron chi connectivity index (χ0n) is 14.9. The Morgan fingerprint density at radius 1 is 1.00 bits per heavy atom. The number of hydrogen-bond donors (Lipinski definition) is 2. The van der Waals surface area contributed by atoms with Gasteiger partial charge in [0.25, 0.3) is 0 Å². The summed E-state index contributed by atoms with van der Waals surface area (Å²) in [4.78, 5) is 16.9. The monoisotopic (exact) mass is 419 g/mol. The number of nitrogens with one attached hydrogen (secondary N) is 1. The maximum Gasteiger partial charge on any atom is 0.416 e. The summed E-state index contributed by atoms with van der Waals surface area (Å²) in [6.45, 7) is 1.77. The largest absolute Gasteiger partial charge is 0.416 e. The molecule has 4 aromatic rings. The number of anilines is 3. The Morgan fingerprint density at radius 2 is 1.72 bits per heavy atom. The Balaban J connectivity index is 1.71. The number of imidazole rings is 1. The Bertz CT molecular complexity index is 1200. The lowest BCUT2D eigenvalue weighted by molar-refractivity contribution is -0.137. The number of nitrogen functional groups attached to an aromatic ring is 1. The van der Waals surface area contributed by atoms with Crippen LogP contribution in [0.2, 0.25) is 5.02 Å². The van der Waals surface area contributed by atoms with Crippen LogP contribution >= 0.6 is 11.6 Å². The summed E-state index contributed by atoms with van der Waals surface area (Å²) < 4.78 is 39.8. The van der Waals surface area contributed by atoms with Crippen LogP contribution < -0.4 is 11.1 Å². The van der Waals surface area contributed by atoms with Crippen LogP contribution in [0.4, 0.5) is 30.8 Å². The number of aryl methyl sites for hydroxylation is 1. The highest BCUT2D eigenvalue weighted by atomic mass is 35.5. The zero-order chi connectivity index (χ0) is 20.8. The maximum absolute atomic E-state index is 12.7. The molecule has 0 radical (unpaired) electrons. The van der Waals surface area contributed by atoms with Gasteiger partial charge >= 0.3 is 6.18 Å². The van der Waals surface area contributed by atoms with Crippen molar-refractivity contribution in [2.24, 2.45) is 0 Å². The fraction of sp³-hybridized carbons (Fsp3) is 0.111. The van der Waals surface area contributed by atoms with E-state index in [0.29, 0.717) is 22.1 Å². The molecule has 148 valence electrons. The maximum atomic E-state index is 12.7.